The van der Waals surface area contributed by atoms with Crippen molar-refractivity contribution in [2.45, 2.75) is 34.1 Å². The zero-order chi connectivity index (χ0) is 10.7. The lowest BCUT2D eigenvalue weighted by atomic mass is 10.4. The summed E-state index contributed by atoms with van der Waals surface area (Å²) in [6.07, 6.45) is 4.87. The van der Waals surface area contributed by atoms with Crippen LogP contribution >= 0.6 is 0 Å². The molecule has 0 N–H and O–H groups in total. The molecule has 0 spiro atoms. The van der Waals surface area contributed by atoms with E-state index in [4.69, 9.17) is 0 Å². The average Bonchev–Trinajstić information content (AvgIpc) is 2.15. The number of hydrogen-bond acceptors (Lipinski definition) is 2. The van der Waals surface area contributed by atoms with Crippen molar-refractivity contribution in [3.05, 3.63) is 36.9 Å². The number of hydrogen-bond donors (Lipinski definition) is 0. The summed E-state index contributed by atoms with van der Waals surface area (Å²) in [5, 5.41) is 0. The number of aromatic nitrogens is 2. The lowest BCUT2D eigenvalue weighted by Gasteiger charge is -1.88. The zero-order valence-corrected chi connectivity index (χ0v) is 9.17. The molecule has 0 aliphatic heterocycles. The summed E-state index contributed by atoms with van der Waals surface area (Å²) in [6, 6.07) is 0. The highest BCUT2D eigenvalue weighted by Crippen LogP contribution is 1.89. The highest BCUT2D eigenvalue weighted by Gasteiger charge is 1.82. The van der Waals surface area contributed by atoms with Crippen molar-refractivity contribution in [3.63, 3.8) is 0 Å². The molecular weight excluding hydrogens is 160 g/mol. The summed E-state index contributed by atoms with van der Waals surface area (Å²) >= 11 is 0. The first-order valence-electron chi connectivity index (χ1n) is 4.46. The first-order chi connectivity index (χ1) is 6.20. The number of aryl methyl sites for hydroxylation is 2. The second kappa shape index (κ2) is 10.8. The van der Waals surface area contributed by atoms with Crippen molar-refractivity contribution < 1.29 is 0 Å². The van der Waals surface area contributed by atoms with Gasteiger partial charge in [-0.3, -0.25) is 0 Å². The van der Waals surface area contributed by atoms with Crippen molar-refractivity contribution in [2.24, 2.45) is 0 Å². The maximum atomic E-state index is 3.97. The Labute approximate surface area is 81.7 Å². The quantitative estimate of drug-likeness (QED) is 0.572. The summed E-state index contributed by atoms with van der Waals surface area (Å²) in [5.74, 6) is 0.829. The van der Waals surface area contributed by atoms with Crippen LogP contribution in [0.15, 0.2) is 25.6 Å². The molecule has 0 aliphatic carbocycles. The molecule has 0 aliphatic rings. The third kappa shape index (κ3) is 10.8. The van der Waals surface area contributed by atoms with Crippen LogP contribution in [0.1, 0.15) is 31.7 Å². The van der Waals surface area contributed by atoms with Crippen LogP contribution < -0.4 is 0 Å². The molecule has 1 aromatic heterocycles. The maximum Gasteiger partial charge on any atom is 0.125 e. The molecule has 1 aromatic rings. The van der Waals surface area contributed by atoms with E-state index in [1.54, 1.807) is 0 Å². The van der Waals surface area contributed by atoms with Gasteiger partial charge in [-0.05, 0) is 19.4 Å². The fraction of sp³-hybridized carbons (Fsp3) is 0.455. The summed E-state index contributed by atoms with van der Waals surface area (Å²) in [4.78, 5) is 7.94. The Balaban J connectivity index is 0. The van der Waals surface area contributed by atoms with Gasteiger partial charge in [0.25, 0.3) is 0 Å². The van der Waals surface area contributed by atoms with Crippen molar-refractivity contribution >= 4 is 0 Å². The lowest BCUT2D eigenvalue weighted by Crippen LogP contribution is -1.84. The minimum atomic E-state index is 0.829. The number of nitrogens with zero attached hydrogens (tertiary/aromatic N) is 2. The zero-order valence-electron chi connectivity index (χ0n) is 9.17. The molecule has 0 saturated heterocycles. The van der Waals surface area contributed by atoms with E-state index in [2.05, 4.69) is 37.0 Å². The van der Waals surface area contributed by atoms with Gasteiger partial charge in [0.1, 0.15) is 5.82 Å². The molecular formula is C11H20N2. The fourth-order valence-electron chi connectivity index (χ4n) is 0.457. The van der Waals surface area contributed by atoms with E-state index in [-0.39, 0.29) is 0 Å². The van der Waals surface area contributed by atoms with Gasteiger partial charge in [0, 0.05) is 12.4 Å². The van der Waals surface area contributed by atoms with E-state index in [1.165, 1.54) is 6.42 Å². The molecule has 74 valence electrons. The van der Waals surface area contributed by atoms with Crippen molar-refractivity contribution in [1.29, 1.82) is 0 Å². The Bertz CT molecular complexity index is 171. The van der Waals surface area contributed by atoms with Crippen molar-refractivity contribution in [3.8, 4) is 0 Å². The molecule has 2 heteroatoms. The Morgan fingerprint density at radius 2 is 1.38 bits per heavy atom. The van der Waals surface area contributed by atoms with Crippen LogP contribution in [0.5, 0.6) is 0 Å². The molecule has 13 heavy (non-hydrogen) atoms. The molecule has 0 amide bonds. The van der Waals surface area contributed by atoms with Crippen LogP contribution in [0.2, 0.25) is 0 Å². The second-order valence-corrected chi connectivity index (χ2v) is 2.51. The van der Waals surface area contributed by atoms with Gasteiger partial charge in [-0.1, -0.05) is 20.3 Å². The molecule has 0 radical (unpaired) electrons. The van der Waals surface area contributed by atoms with Crippen LogP contribution in [-0.2, 0) is 0 Å². The monoisotopic (exact) mass is 180 g/mol. The Morgan fingerprint density at radius 1 is 1.08 bits per heavy atom. The predicted octanol–water partition coefficient (Wildman–Crippen LogP) is 3.31. The van der Waals surface area contributed by atoms with E-state index in [9.17, 15) is 0 Å². The standard InChI is InChI=1S/C6H8N2.C3H8.C2H4/c1-5-3-7-6(2)8-4-5;1-3-2;1-2/h3-4H,1-2H3;3H2,1-2H3;1-2H2. The van der Waals surface area contributed by atoms with E-state index >= 15 is 0 Å². The molecule has 0 unspecified atom stereocenters. The van der Waals surface area contributed by atoms with Crippen LogP contribution in [0, 0.1) is 13.8 Å². The summed E-state index contributed by atoms with van der Waals surface area (Å²) in [7, 11) is 0. The molecule has 0 saturated carbocycles. The number of rotatable bonds is 0. The SMILES string of the molecule is C=C.CCC.Cc1cnc(C)nc1. The minimum absolute atomic E-state index is 0.829. The summed E-state index contributed by atoms with van der Waals surface area (Å²) < 4.78 is 0. The van der Waals surface area contributed by atoms with Gasteiger partial charge in [0.15, 0.2) is 0 Å². The predicted molar refractivity (Wildman–Crippen MR) is 58.7 cm³/mol. The third-order valence-corrected chi connectivity index (χ3v) is 0.910. The van der Waals surface area contributed by atoms with Gasteiger partial charge in [-0.25, -0.2) is 9.97 Å². The fourth-order valence-corrected chi connectivity index (χ4v) is 0.457. The van der Waals surface area contributed by atoms with Gasteiger partial charge in [-0.2, -0.15) is 0 Å². The Morgan fingerprint density at radius 3 is 1.62 bits per heavy atom. The van der Waals surface area contributed by atoms with E-state index < -0.39 is 0 Å². The molecule has 0 bridgehead atoms. The summed E-state index contributed by atoms with van der Waals surface area (Å²) in [5.41, 5.74) is 1.11. The van der Waals surface area contributed by atoms with Gasteiger partial charge in [0.05, 0.1) is 0 Å². The van der Waals surface area contributed by atoms with E-state index in [1.807, 2.05) is 26.2 Å². The van der Waals surface area contributed by atoms with E-state index in [0.29, 0.717) is 0 Å². The van der Waals surface area contributed by atoms with Gasteiger partial charge < -0.3 is 0 Å². The van der Waals surface area contributed by atoms with Crippen molar-refractivity contribution in [2.75, 3.05) is 0 Å². The second-order valence-electron chi connectivity index (χ2n) is 2.51. The third-order valence-electron chi connectivity index (χ3n) is 0.910. The molecule has 0 aromatic carbocycles. The normalized spacial score (nSPS) is 7.38. The first kappa shape index (κ1) is 14.3. The Kier molecular flexibility index (Phi) is 11.9. The lowest BCUT2D eigenvalue weighted by molar-refractivity contribution is 1.03. The average molecular weight is 180 g/mol. The van der Waals surface area contributed by atoms with Gasteiger partial charge in [-0.15, -0.1) is 13.2 Å². The maximum absolute atomic E-state index is 3.97. The highest BCUT2D eigenvalue weighted by molar-refractivity contribution is 5.00. The largest absolute Gasteiger partial charge is 0.241 e. The van der Waals surface area contributed by atoms with Crippen molar-refractivity contribution in [1.82, 2.24) is 9.97 Å². The van der Waals surface area contributed by atoms with Gasteiger partial charge in [0.2, 0.25) is 0 Å². The topological polar surface area (TPSA) is 25.8 Å². The Hall–Kier alpha value is -1.18. The van der Waals surface area contributed by atoms with E-state index in [0.717, 1.165) is 11.4 Å². The van der Waals surface area contributed by atoms with Gasteiger partial charge >= 0.3 is 0 Å². The smallest absolute Gasteiger partial charge is 0.125 e. The first-order valence-corrected chi connectivity index (χ1v) is 4.46. The van der Waals surface area contributed by atoms with Crippen LogP contribution in [0.4, 0.5) is 0 Å². The minimum Gasteiger partial charge on any atom is -0.241 e. The molecule has 1 rings (SSSR count). The molecule has 0 fully saturated rings. The molecule has 2 nitrogen and oxygen atoms in total. The van der Waals surface area contributed by atoms with Crippen LogP contribution in [0.25, 0.3) is 0 Å². The highest BCUT2D eigenvalue weighted by atomic mass is 14.8. The molecule has 1 heterocycles. The summed E-state index contributed by atoms with van der Waals surface area (Å²) in [6.45, 7) is 14.1. The van der Waals surface area contributed by atoms with Crippen LogP contribution in [-0.4, -0.2) is 9.97 Å². The molecule has 0 atom stereocenters. The van der Waals surface area contributed by atoms with Crippen LogP contribution in [0.3, 0.4) is 0 Å².